The van der Waals surface area contributed by atoms with Crippen LogP contribution in [-0.2, 0) is 4.74 Å². The maximum absolute atomic E-state index is 5.34. The van der Waals surface area contributed by atoms with Crippen molar-refractivity contribution in [2.75, 3.05) is 27.3 Å². The predicted octanol–water partition coefficient (Wildman–Crippen LogP) is 6.93. The SMILES string of the molecule is CC.CC1CC1.CCC1=C(c2nc3c(C)cn([C@@H](C)COC)c3cc2C)C=CCN1C. The zero-order valence-electron chi connectivity index (χ0n) is 21.2. The van der Waals surface area contributed by atoms with E-state index < -0.39 is 0 Å². The molecule has 0 aromatic carbocycles. The van der Waals surface area contributed by atoms with Gasteiger partial charge in [-0.15, -0.1) is 0 Å². The molecule has 2 aromatic heterocycles. The molecule has 1 aliphatic carbocycles. The summed E-state index contributed by atoms with van der Waals surface area (Å²) in [6, 6.07) is 2.57. The van der Waals surface area contributed by atoms with Crippen molar-refractivity contribution >= 4 is 16.6 Å². The number of hydrogen-bond donors (Lipinski definition) is 0. The smallest absolute Gasteiger partial charge is 0.0917 e. The second kappa shape index (κ2) is 11.5. The fourth-order valence-electron chi connectivity index (χ4n) is 3.97. The Morgan fingerprint density at radius 2 is 1.84 bits per heavy atom. The van der Waals surface area contributed by atoms with Crippen molar-refractivity contribution in [2.24, 2.45) is 5.92 Å². The summed E-state index contributed by atoms with van der Waals surface area (Å²) in [4.78, 5) is 7.42. The molecule has 0 N–H and O–H groups in total. The van der Waals surface area contributed by atoms with Crippen LogP contribution in [0.25, 0.3) is 16.6 Å². The Balaban J connectivity index is 0.000000499. The summed E-state index contributed by atoms with van der Waals surface area (Å²) in [5.41, 5.74) is 8.44. The highest BCUT2D eigenvalue weighted by Crippen LogP contribution is 2.32. The number of aromatic nitrogens is 2. The maximum atomic E-state index is 5.34. The lowest BCUT2D eigenvalue weighted by Crippen LogP contribution is -2.21. The maximum Gasteiger partial charge on any atom is 0.0917 e. The zero-order valence-corrected chi connectivity index (χ0v) is 21.2. The van der Waals surface area contributed by atoms with Crippen LogP contribution in [0.5, 0.6) is 0 Å². The number of ether oxygens (including phenoxy) is 1. The molecule has 2 aliphatic rings. The molecule has 1 atom stereocenters. The predicted molar refractivity (Wildman–Crippen MR) is 135 cm³/mol. The van der Waals surface area contributed by atoms with Gasteiger partial charge in [0.25, 0.3) is 0 Å². The van der Waals surface area contributed by atoms with Crippen molar-refractivity contribution in [1.29, 1.82) is 0 Å². The largest absolute Gasteiger partial charge is 0.383 e. The Morgan fingerprint density at radius 3 is 2.39 bits per heavy atom. The Morgan fingerprint density at radius 1 is 1.19 bits per heavy atom. The first kappa shape index (κ1) is 25.2. The van der Waals surface area contributed by atoms with Crippen molar-refractivity contribution in [3.63, 3.8) is 0 Å². The quantitative estimate of drug-likeness (QED) is 0.520. The highest BCUT2D eigenvalue weighted by molar-refractivity contribution is 5.86. The normalized spacial score (nSPS) is 16.6. The zero-order chi connectivity index (χ0) is 23.1. The van der Waals surface area contributed by atoms with Crippen LogP contribution in [-0.4, -0.2) is 41.8 Å². The van der Waals surface area contributed by atoms with Gasteiger partial charge in [0.2, 0.25) is 0 Å². The molecule has 0 radical (unpaired) electrons. The number of fused-ring (bicyclic) bond motifs is 1. The summed E-state index contributed by atoms with van der Waals surface area (Å²) in [5, 5.41) is 0. The molecule has 4 nitrogen and oxygen atoms in total. The van der Waals surface area contributed by atoms with Gasteiger partial charge in [0, 0.05) is 38.2 Å². The summed E-state index contributed by atoms with van der Waals surface area (Å²) < 4.78 is 7.63. The van der Waals surface area contributed by atoms with E-state index in [0.717, 1.165) is 30.1 Å². The van der Waals surface area contributed by atoms with Gasteiger partial charge in [-0.1, -0.05) is 52.7 Å². The van der Waals surface area contributed by atoms with Crippen molar-refractivity contribution < 1.29 is 4.74 Å². The van der Waals surface area contributed by atoms with E-state index in [1.54, 1.807) is 7.11 Å². The van der Waals surface area contributed by atoms with Crippen molar-refractivity contribution in [3.8, 4) is 0 Å². The molecule has 0 spiro atoms. The molecule has 2 aromatic rings. The van der Waals surface area contributed by atoms with Gasteiger partial charge in [0.15, 0.2) is 0 Å². The first-order valence-electron chi connectivity index (χ1n) is 12.0. The van der Waals surface area contributed by atoms with Gasteiger partial charge >= 0.3 is 0 Å². The van der Waals surface area contributed by atoms with Crippen LogP contribution >= 0.6 is 0 Å². The number of pyridine rings is 1. The number of aryl methyl sites for hydroxylation is 2. The number of likely N-dealkylation sites (N-methyl/N-ethyl adjacent to an activating group) is 1. The van der Waals surface area contributed by atoms with Crippen LogP contribution in [0.4, 0.5) is 0 Å². The molecular formula is C27H43N3O. The lowest BCUT2D eigenvalue weighted by molar-refractivity contribution is 0.164. The van der Waals surface area contributed by atoms with Gasteiger partial charge in [-0.25, -0.2) is 4.98 Å². The number of methoxy groups -OCH3 is 1. The minimum atomic E-state index is 0.291. The fraction of sp³-hybridized carbons (Fsp3) is 0.593. The summed E-state index contributed by atoms with van der Waals surface area (Å²) in [7, 11) is 3.91. The monoisotopic (exact) mass is 425 g/mol. The summed E-state index contributed by atoms with van der Waals surface area (Å²) in [5.74, 6) is 1.08. The van der Waals surface area contributed by atoms with E-state index in [-0.39, 0.29) is 0 Å². The van der Waals surface area contributed by atoms with Crippen LogP contribution in [0, 0.1) is 19.8 Å². The highest BCUT2D eigenvalue weighted by Gasteiger charge is 2.19. The third-order valence-corrected chi connectivity index (χ3v) is 5.95. The lowest BCUT2D eigenvalue weighted by Gasteiger charge is -2.27. The molecule has 4 rings (SSSR count). The van der Waals surface area contributed by atoms with E-state index >= 15 is 0 Å². The molecule has 0 unspecified atom stereocenters. The molecule has 1 aliphatic heterocycles. The minimum Gasteiger partial charge on any atom is -0.383 e. The summed E-state index contributed by atoms with van der Waals surface area (Å²) >= 11 is 0. The van der Waals surface area contributed by atoms with Gasteiger partial charge < -0.3 is 14.2 Å². The van der Waals surface area contributed by atoms with Crippen molar-refractivity contribution in [3.05, 3.63) is 46.9 Å². The Bertz CT molecular complexity index is 918. The molecule has 31 heavy (non-hydrogen) atoms. The second-order valence-electron chi connectivity index (χ2n) is 8.72. The van der Waals surface area contributed by atoms with Gasteiger partial charge in [-0.3, -0.25) is 0 Å². The molecular weight excluding hydrogens is 382 g/mol. The van der Waals surface area contributed by atoms with Crippen LogP contribution in [0.15, 0.2) is 30.1 Å². The first-order chi connectivity index (χ1) is 14.9. The molecule has 1 saturated carbocycles. The van der Waals surface area contributed by atoms with Crippen LogP contribution < -0.4 is 0 Å². The van der Waals surface area contributed by atoms with Crippen LogP contribution in [0.2, 0.25) is 0 Å². The Labute approximate surface area is 190 Å². The van der Waals surface area contributed by atoms with Crippen LogP contribution in [0.3, 0.4) is 0 Å². The minimum absolute atomic E-state index is 0.291. The molecule has 0 amide bonds. The second-order valence-corrected chi connectivity index (χ2v) is 8.72. The average Bonchev–Trinajstić information content (AvgIpc) is 3.48. The first-order valence-corrected chi connectivity index (χ1v) is 12.0. The topological polar surface area (TPSA) is 30.3 Å². The number of nitrogens with zero attached hydrogens (tertiary/aromatic N) is 3. The van der Waals surface area contributed by atoms with E-state index in [9.17, 15) is 0 Å². The van der Waals surface area contributed by atoms with Gasteiger partial charge in [-0.05, 0) is 50.3 Å². The van der Waals surface area contributed by atoms with Crippen molar-refractivity contribution in [1.82, 2.24) is 14.5 Å². The summed E-state index contributed by atoms with van der Waals surface area (Å²) in [6.45, 7) is 16.6. The van der Waals surface area contributed by atoms with E-state index in [1.165, 1.54) is 40.8 Å². The molecule has 0 bridgehead atoms. The van der Waals surface area contributed by atoms with Gasteiger partial charge in [0.05, 0.1) is 29.4 Å². The number of rotatable bonds is 5. The number of hydrogen-bond acceptors (Lipinski definition) is 3. The molecule has 3 heterocycles. The summed E-state index contributed by atoms with van der Waals surface area (Å²) in [6.07, 6.45) is 10.6. The number of allylic oxidation sites excluding steroid dienone is 3. The van der Waals surface area contributed by atoms with Gasteiger partial charge in [-0.2, -0.15) is 0 Å². The van der Waals surface area contributed by atoms with E-state index in [1.807, 2.05) is 13.8 Å². The van der Waals surface area contributed by atoms with Crippen LogP contribution in [0.1, 0.15) is 76.7 Å². The van der Waals surface area contributed by atoms with E-state index in [2.05, 4.69) is 75.5 Å². The Hall–Kier alpha value is -2.07. The molecule has 0 saturated heterocycles. The van der Waals surface area contributed by atoms with E-state index in [4.69, 9.17) is 9.72 Å². The molecule has 1 fully saturated rings. The standard InChI is InChI=1S/C21H29N3O.C4H8.C2H6/c1-7-18-17(9-8-10-23(18)5)20-14(2)11-19-21(22-20)15(3)12-24(19)16(4)13-25-6;1-4-2-3-4;1-2/h8-9,11-12,16H,7,10,13H2,1-6H3;4H,2-3H2,1H3;1-2H3/t16-;;/m0../s1. The van der Waals surface area contributed by atoms with E-state index in [0.29, 0.717) is 12.6 Å². The molecule has 172 valence electrons. The van der Waals surface area contributed by atoms with Gasteiger partial charge in [0.1, 0.15) is 0 Å². The lowest BCUT2D eigenvalue weighted by atomic mass is 9.99. The third kappa shape index (κ3) is 6.00. The Kier molecular flexibility index (Phi) is 9.36. The van der Waals surface area contributed by atoms with Crippen molar-refractivity contribution in [2.45, 2.75) is 73.8 Å². The third-order valence-electron chi connectivity index (χ3n) is 5.95. The fourth-order valence-corrected chi connectivity index (χ4v) is 3.97. The average molecular weight is 426 g/mol. The molecule has 4 heteroatoms. The highest BCUT2D eigenvalue weighted by atomic mass is 16.5.